The second kappa shape index (κ2) is 5.40. The maximum atomic E-state index is 12.8. The fourth-order valence-electron chi connectivity index (χ4n) is 1.09. The van der Waals surface area contributed by atoms with Crippen molar-refractivity contribution in [1.29, 1.82) is 0 Å². The largest absolute Gasteiger partial charge is 0.480 e. The molecule has 1 unspecified atom stereocenters. The number of sulfonamides is 1. The summed E-state index contributed by atoms with van der Waals surface area (Å²) in [6.07, 6.45) is 0. The first-order chi connectivity index (χ1) is 8.24. The Morgan fingerprint density at radius 3 is 2.50 bits per heavy atom. The van der Waals surface area contributed by atoms with Crippen LogP contribution in [-0.4, -0.2) is 24.7 Å². The second-order valence-corrected chi connectivity index (χ2v) is 5.68. The third-order valence-corrected chi connectivity index (χ3v) is 3.95. The summed E-state index contributed by atoms with van der Waals surface area (Å²) in [6.45, 7) is 0.701. The van der Waals surface area contributed by atoms with E-state index in [4.69, 9.17) is 5.11 Å². The number of hydrogen-bond acceptors (Lipinski definition) is 3. The van der Waals surface area contributed by atoms with Crippen molar-refractivity contribution in [2.45, 2.75) is 18.7 Å². The van der Waals surface area contributed by atoms with Gasteiger partial charge in [-0.05, 0) is 24.6 Å². The summed E-state index contributed by atoms with van der Waals surface area (Å²) >= 11 is 0. The van der Waals surface area contributed by atoms with Crippen molar-refractivity contribution in [3.63, 3.8) is 0 Å². The van der Waals surface area contributed by atoms with Crippen molar-refractivity contribution in [3.05, 3.63) is 35.4 Å². The summed E-state index contributed by atoms with van der Waals surface area (Å²) in [7, 11) is -4.05. The van der Waals surface area contributed by atoms with Crippen LogP contribution >= 0.6 is 0 Å². The molecule has 100 valence electrons. The van der Waals surface area contributed by atoms with Gasteiger partial charge in [0.25, 0.3) is 0 Å². The Labute approximate surface area is 102 Å². The molecule has 0 aliphatic carbocycles. The van der Waals surface area contributed by atoms with E-state index in [0.29, 0.717) is 0 Å². The zero-order chi connectivity index (χ0) is 13.9. The first-order valence-corrected chi connectivity index (χ1v) is 6.44. The van der Waals surface area contributed by atoms with Crippen LogP contribution in [0.4, 0.5) is 8.78 Å². The van der Waals surface area contributed by atoms with E-state index in [9.17, 15) is 22.0 Å². The van der Waals surface area contributed by atoms with Gasteiger partial charge in [-0.15, -0.1) is 0 Å². The van der Waals surface area contributed by atoms with Gasteiger partial charge in [-0.2, -0.15) is 0 Å². The Morgan fingerprint density at radius 1 is 1.39 bits per heavy atom. The maximum absolute atomic E-state index is 12.8. The Bertz CT molecular complexity index is 559. The molecule has 8 heteroatoms. The maximum Gasteiger partial charge on any atom is 0.323 e. The lowest BCUT2D eigenvalue weighted by molar-refractivity contribution is -0.136. The molecule has 0 fully saturated rings. The van der Waals surface area contributed by atoms with Crippen LogP contribution in [0.2, 0.25) is 0 Å². The fourth-order valence-corrected chi connectivity index (χ4v) is 1.97. The van der Waals surface area contributed by atoms with Gasteiger partial charge in [0.05, 0.1) is 0 Å². The van der Waals surface area contributed by atoms with E-state index >= 15 is 0 Å². The molecule has 0 aliphatic rings. The lowest BCUT2D eigenvalue weighted by Crippen LogP contribution is -2.37. The number of halogens is 2. The van der Waals surface area contributed by atoms with E-state index in [1.54, 1.807) is 0 Å². The monoisotopic (exact) mass is 279 g/mol. The highest BCUT2D eigenvalue weighted by Gasteiger charge is 2.27. The third-order valence-electron chi connectivity index (χ3n) is 2.27. The molecule has 0 aromatic heterocycles. The quantitative estimate of drug-likeness (QED) is 0.837. The normalized spacial score (nSPS) is 13.3. The highest BCUT2D eigenvalue weighted by molar-refractivity contribution is 7.90. The average Bonchev–Trinajstić information content (AvgIpc) is 2.29. The molecule has 0 saturated heterocycles. The van der Waals surface area contributed by atoms with E-state index in [1.807, 2.05) is 4.72 Å². The molecule has 1 aromatic rings. The summed E-state index contributed by atoms with van der Waals surface area (Å²) in [5, 5.41) is 6.94. The topological polar surface area (TPSA) is 83.5 Å². The highest BCUT2D eigenvalue weighted by Crippen LogP contribution is 2.09. The average molecular weight is 279 g/mol. The van der Waals surface area contributed by atoms with Crippen LogP contribution < -0.4 is 4.72 Å². The first-order valence-electron chi connectivity index (χ1n) is 4.89. The van der Waals surface area contributed by atoms with Crippen LogP contribution in [-0.2, 0) is 21.4 Å². The lowest BCUT2D eigenvalue weighted by Gasteiger charge is -2.10. The number of carbonyl (C=O) groups is 1. The van der Waals surface area contributed by atoms with Gasteiger partial charge < -0.3 is 5.11 Å². The zero-order valence-electron chi connectivity index (χ0n) is 9.35. The molecular weight excluding hydrogens is 268 g/mol. The SMILES string of the molecule is CC(C(=O)O)S(=O)(=O)NCc1ccc(F)c(F)c1. The predicted molar refractivity (Wildman–Crippen MR) is 59.2 cm³/mol. The smallest absolute Gasteiger partial charge is 0.323 e. The summed E-state index contributed by atoms with van der Waals surface area (Å²) in [4.78, 5) is 10.5. The van der Waals surface area contributed by atoms with E-state index in [0.717, 1.165) is 19.1 Å². The number of carboxylic acid groups (broad SMARTS) is 1. The van der Waals surface area contributed by atoms with Crippen LogP contribution in [0.15, 0.2) is 18.2 Å². The Hall–Kier alpha value is -1.54. The van der Waals surface area contributed by atoms with Crippen LogP contribution in [0.5, 0.6) is 0 Å². The Kier molecular flexibility index (Phi) is 4.36. The lowest BCUT2D eigenvalue weighted by atomic mass is 10.2. The molecule has 0 bridgehead atoms. The minimum Gasteiger partial charge on any atom is -0.480 e. The Morgan fingerprint density at radius 2 is 2.00 bits per heavy atom. The predicted octanol–water partition coefficient (Wildman–Crippen LogP) is 0.857. The molecule has 1 aromatic carbocycles. The fraction of sp³-hybridized carbons (Fsp3) is 0.300. The molecule has 1 rings (SSSR count). The zero-order valence-corrected chi connectivity index (χ0v) is 10.2. The van der Waals surface area contributed by atoms with Crippen molar-refractivity contribution in [1.82, 2.24) is 4.72 Å². The van der Waals surface area contributed by atoms with Crippen molar-refractivity contribution in [2.75, 3.05) is 0 Å². The third kappa shape index (κ3) is 3.47. The second-order valence-electron chi connectivity index (χ2n) is 3.60. The molecule has 18 heavy (non-hydrogen) atoms. The molecular formula is C10H11F2NO4S. The summed E-state index contributed by atoms with van der Waals surface area (Å²) in [6, 6.07) is 2.90. The van der Waals surface area contributed by atoms with E-state index in [2.05, 4.69) is 0 Å². The molecule has 2 N–H and O–H groups in total. The van der Waals surface area contributed by atoms with Gasteiger partial charge in [0.2, 0.25) is 10.0 Å². The van der Waals surface area contributed by atoms with Crippen LogP contribution in [0.25, 0.3) is 0 Å². The van der Waals surface area contributed by atoms with Crippen molar-refractivity contribution >= 4 is 16.0 Å². The van der Waals surface area contributed by atoms with Crippen molar-refractivity contribution in [2.24, 2.45) is 0 Å². The van der Waals surface area contributed by atoms with Gasteiger partial charge in [0, 0.05) is 6.54 Å². The Balaban J connectivity index is 2.76. The van der Waals surface area contributed by atoms with E-state index in [1.165, 1.54) is 6.07 Å². The number of carboxylic acids is 1. The number of rotatable bonds is 5. The van der Waals surface area contributed by atoms with E-state index in [-0.39, 0.29) is 12.1 Å². The van der Waals surface area contributed by atoms with Gasteiger partial charge in [-0.25, -0.2) is 21.9 Å². The minimum absolute atomic E-state index is 0.190. The molecule has 1 atom stereocenters. The molecule has 0 saturated carbocycles. The van der Waals surface area contributed by atoms with E-state index < -0.39 is 32.9 Å². The van der Waals surface area contributed by atoms with Gasteiger partial charge in [-0.3, -0.25) is 4.79 Å². The van der Waals surface area contributed by atoms with Crippen LogP contribution in [0, 0.1) is 11.6 Å². The molecule has 0 radical (unpaired) electrons. The van der Waals surface area contributed by atoms with Crippen LogP contribution in [0.1, 0.15) is 12.5 Å². The first kappa shape index (κ1) is 14.5. The van der Waals surface area contributed by atoms with Gasteiger partial charge >= 0.3 is 5.97 Å². The highest BCUT2D eigenvalue weighted by atomic mass is 32.2. The summed E-state index contributed by atoms with van der Waals surface area (Å²) < 4.78 is 50.3. The number of aliphatic carboxylic acids is 1. The number of nitrogens with one attached hydrogen (secondary N) is 1. The molecule has 5 nitrogen and oxygen atoms in total. The van der Waals surface area contributed by atoms with Gasteiger partial charge in [-0.1, -0.05) is 6.07 Å². The standard InChI is InChI=1S/C10H11F2NO4S/c1-6(10(14)15)18(16,17)13-5-7-2-3-8(11)9(12)4-7/h2-4,6,13H,5H2,1H3,(H,14,15). The molecule has 0 amide bonds. The minimum atomic E-state index is -4.05. The van der Waals surface area contributed by atoms with Crippen molar-refractivity contribution in [3.8, 4) is 0 Å². The van der Waals surface area contributed by atoms with Crippen molar-refractivity contribution < 1.29 is 27.1 Å². The number of benzene rings is 1. The summed E-state index contributed by atoms with van der Waals surface area (Å²) in [5.41, 5.74) is 0.190. The van der Waals surface area contributed by atoms with Crippen LogP contribution in [0.3, 0.4) is 0 Å². The van der Waals surface area contributed by atoms with Gasteiger partial charge in [0.1, 0.15) is 0 Å². The molecule has 0 aliphatic heterocycles. The summed E-state index contributed by atoms with van der Waals surface area (Å²) in [5.74, 6) is -3.63. The molecule has 0 spiro atoms. The van der Waals surface area contributed by atoms with Gasteiger partial charge in [0.15, 0.2) is 16.9 Å². The number of hydrogen-bond donors (Lipinski definition) is 2. The molecule has 0 heterocycles.